The molecule has 4 rings (SSSR count). The Hall–Kier alpha value is -2.67. The van der Waals surface area contributed by atoms with Crippen LogP contribution >= 0.6 is 11.3 Å². The lowest BCUT2D eigenvalue weighted by molar-refractivity contribution is -0.115. The highest BCUT2D eigenvalue weighted by atomic mass is 32.1. The number of carbonyl (C=O) groups excluding carboxylic acids is 1. The van der Waals surface area contributed by atoms with Crippen LogP contribution in [0.15, 0.2) is 41.9 Å². The second-order valence-corrected chi connectivity index (χ2v) is 6.45. The average molecular weight is 332 g/mol. The molecule has 0 bridgehead atoms. The lowest BCUT2D eigenvalue weighted by atomic mass is 10.0. The summed E-state index contributed by atoms with van der Waals surface area (Å²) < 4.78 is 0.789. The van der Waals surface area contributed by atoms with E-state index in [-0.39, 0.29) is 12.3 Å². The van der Waals surface area contributed by atoms with Crippen molar-refractivity contribution in [2.45, 2.75) is 13.0 Å². The number of nitrogens with zero attached hydrogens (tertiary/aromatic N) is 2. The normalized spacial score (nSPS) is 12.8. The number of fused-ring (bicyclic) bond motifs is 3. The highest BCUT2D eigenvalue weighted by molar-refractivity contribution is 7.18. The summed E-state index contributed by atoms with van der Waals surface area (Å²) in [7, 11) is 5.91. The van der Waals surface area contributed by atoms with Gasteiger partial charge in [0, 0.05) is 23.9 Å². The molecule has 7 heteroatoms. The topological polar surface area (TPSA) is 66.9 Å². The zero-order chi connectivity index (χ0) is 16.5. The van der Waals surface area contributed by atoms with E-state index < -0.39 is 0 Å². The summed E-state index contributed by atoms with van der Waals surface area (Å²) in [4.78, 5) is 21.0. The molecule has 24 heavy (non-hydrogen) atoms. The second-order valence-electron chi connectivity index (χ2n) is 5.50. The number of amides is 1. The number of hydrogen-bond acceptors (Lipinski definition) is 5. The Labute approximate surface area is 144 Å². The van der Waals surface area contributed by atoms with E-state index in [0.717, 1.165) is 32.8 Å². The third-order valence-corrected chi connectivity index (χ3v) is 4.68. The van der Waals surface area contributed by atoms with Gasteiger partial charge in [-0.05, 0) is 27.9 Å². The van der Waals surface area contributed by atoms with Gasteiger partial charge < -0.3 is 10.6 Å². The highest BCUT2D eigenvalue weighted by Crippen LogP contribution is 2.32. The molecule has 0 fully saturated rings. The van der Waals surface area contributed by atoms with Gasteiger partial charge in [0.1, 0.15) is 7.85 Å². The number of nitrogens with one attached hydrogen (secondary N) is 2. The minimum atomic E-state index is -0.0587. The maximum atomic E-state index is 12.0. The molecule has 1 aliphatic heterocycles. The zero-order valence-corrected chi connectivity index (χ0v) is 13.6. The Morgan fingerprint density at radius 2 is 2.17 bits per heavy atom. The summed E-state index contributed by atoms with van der Waals surface area (Å²) in [6.07, 6.45) is 1.98. The van der Waals surface area contributed by atoms with Crippen molar-refractivity contribution in [3.05, 3.63) is 53.0 Å². The van der Waals surface area contributed by atoms with Gasteiger partial charge in [-0.25, -0.2) is 9.97 Å². The molecule has 5 nitrogen and oxygen atoms in total. The maximum Gasteiger partial charge on any atom is 0.228 e. The quantitative estimate of drug-likeness (QED) is 0.721. The fourth-order valence-corrected chi connectivity index (χ4v) is 3.36. The van der Waals surface area contributed by atoms with Crippen LogP contribution in [-0.2, 0) is 17.8 Å². The van der Waals surface area contributed by atoms with Gasteiger partial charge in [0.05, 0.1) is 17.8 Å². The smallest absolute Gasteiger partial charge is 0.228 e. The number of anilines is 2. The molecular formula is C17H13BN4OS. The predicted octanol–water partition coefficient (Wildman–Crippen LogP) is 2.11. The van der Waals surface area contributed by atoms with Crippen LogP contribution in [0.2, 0.25) is 0 Å². The van der Waals surface area contributed by atoms with Gasteiger partial charge in [0.25, 0.3) is 0 Å². The van der Waals surface area contributed by atoms with Gasteiger partial charge in [-0.3, -0.25) is 4.79 Å². The van der Waals surface area contributed by atoms with Gasteiger partial charge >= 0.3 is 0 Å². The van der Waals surface area contributed by atoms with Crippen molar-refractivity contribution in [1.29, 1.82) is 0 Å². The molecule has 2 aromatic heterocycles. The van der Waals surface area contributed by atoms with Crippen molar-refractivity contribution in [2.24, 2.45) is 0 Å². The van der Waals surface area contributed by atoms with E-state index in [1.165, 1.54) is 11.3 Å². The predicted molar refractivity (Wildman–Crippen MR) is 96.8 cm³/mol. The first-order valence-electron chi connectivity index (χ1n) is 7.51. The van der Waals surface area contributed by atoms with Gasteiger partial charge in [0.2, 0.25) is 11.9 Å². The third-order valence-electron chi connectivity index (χ3n) is 3.89. The minimum absolute atomic E-state index is 0.0587. The Kier molecular flexibility index (Phi) is 3.78. The van der Waals surface area contributed by atoms with Crippen LogP contribution in [-0.4, -0.2) is 23.7 Å². The molecule has 3 heterocycles. The van der Waals surface area contributed by atoms with Crippen LogP contribution < -0.4 is 15.4 Å². The van der Waals surface area contributed by atoms with Crippen molar-refractivity contribution in [2.75, 3.05) is 10.6 Å². The number of thiophene rings is 1. The molecular weight excluding hydrogens is 319 g/mol. The molecule has 3 aromatic rings. The van der Waals surface area contributed by atoms with Crippen molar-refractivity contribution in [1.82, 2.24) is 9.97 Å². The van der Waals surface area contributed by atoms with E-state index in [4.69, 9.17) is 7.85 Å². The second kappa shape index (κ2) is 6.09. The van der Waals surface area contributed by atoms with Crippen LogP contribution in [0.5, 0.6) is 0 Å². The van der Waals surface area contributed by atoms with Crippen LogP contribution in [0.1, 0.15) is 11.1 Å². The fourth-order valence-electron chi connectivity index (χ4n) is 2.69. The van der Waals surface area contributed by atoms with Gasteiger partial charge in [0.15, 0.2) is 0 Å². The van der Waals surface area contributed by atoms with Gasteiger partial charge in [-0.1, -0.05) is 18.2 Å². The van der Waals surface area contributed by atoms with Crippen LogP contribution in [0.4, 0.5) is 11.6 Å². The lowest BCUT2D eigenvalue weighted by Gasteiger charge is -2.10. The largest absolute Gasteiger partial charge is 0.350 e. The molecule has 0 aliphatic carbocycles. The number of benzene rings is 1. The molecule has 0 saturated carbocycles. The summed E-state index contributed by atoms with van der Waals surface area (Å²) >= 11 is 1.51. The summed E-state index contributed by atoms with van der Waals surface area (Å²) in [6.45, 7) is 0.562. The average Bonchev–Trinajstić information content (AvgIpc) is 2.93. The lowest BCUT2D eigenvalue weighted by Crippen LogP contribution is -2.13. The third kappa shape index (κ3) is 2.78. The number of para-hydroxylation sites is 1. The van der Waals surface area contributed by atoms with Gasteiger partial charge in [-0.15, -0.1) is 0 Å². The van der Waals surface area contributed by atoms with E-state index in [0.29, 0.717) is 12.5 Å². The van der Waals surface area contributed by atoms with E-state index in [2.05, 4.69) is 20.6 Å². The SMILES string of the molecule is [B]c1sccc1CNc1ncc2c(n1)-c1ccccc1NC(=O)C2. The molecule has 1 amide bonds. The van der Waals surface area contributed by atoms with Crippen LogP contribution in [0.3, 0.4) is 0 Å². The monoisotopic (exact) mass is 332 g/mol. The summed E-state index contributed by atoms with van der Waals surface area (Å²) in [5.74, 6) is 0.458. The molecule has 0 unspecified atom stereocenters. The molecule has 116 valence electrons. The molecule has 1 aliphatic rings. The first-order chi connectivity index (χ1) is 11.7. The van der Waals surface area contributed by atoms with Crippen molar-refractivity contribution in [3.8, 4) is 11.3 Å². The standard InChI is InChI=1S/C17H13BN4OS/c18-16-10(5-6-24-16)8-19-17-20-9-11-7-14(23)21-13-4-2-1-3-12(13)15(11)22-17/h1-6,9H,7-8H2,(H,21,23)(H,19,20,22). The van der Waals surface area contributed by atoms with Crippen molar-refractivity contribution >= 4 is 41.5 Å². The Morgan fingerprint density at radius 3 is 3.00 bits per heavy atom. The highest BCUT2D eigenvalue weighted by Gasteiger charge is 2.20. The summed E-state index contributed by atoms with van der Waals surface area (Å²) in [6, 6.07) is 9.64. The molecule has 2 radical (unpaired) electrons. The van der Waals surface area contributed by atoms with E-state index in [1.54, 1.807) is 6.20 Å². The van der Waals surface area contributed by atoms with Crippen LogP contribution in [0, 0.1) is 0 Å². The van der Waals surface area contributed by atoms with Crippen molar-refractivity contribution in [3.63, 3.8) is 0 Å². The zero-order valence-electron chi connectivity index (χ0n) is 12.7. The Bertz CT molecular complexity index is 924. The van der Waals surface area contributed by atoms with E-state index >= 15 is 0 Å². The molecule has 0 atom stereocenters. The Morgan fingerprint density at radius 1 is 1.29 bits per heavy atom. The number of rotatable bonds is 3. The fraction of sp³-hybridized carbons (Fsp3) is 0.118. The van der Waals surface area contributed by atoms with Crippen molar-refractivity contribution < 1.29 is 4.79 Å². The first kappa shape index (κ1) is 14.9. The van der Waals surface area contributed by atoms with Crippen LogP contribution in [0.25, 0.3) is 11.3 Å². The van der Waals surface area contributed by atoms with Gasteiger partial charge in [-0.2, -0.15) is 11.3 Å². The molecule has 1 aromatic carbocycles. The first-order valence-corrected chi connectivity index (χ1v) is 8.39. The molecule has 2 N–H and O–H groups in total. The number of carbonyl (C=O) groups is 1. The van der Waals surface area contributed by atoms with E-state index in [9.17, 15) is 4.79 Å². The summed E-state index contributed by atoms with van der Waals surface area (Å²) in [5, 5.41) is 8.06. The minimum Gasteiger partial charge on any atom is -0.350 e. The summed E-state index contributed by atoms with van der Waals surface area (Å²) in [5.41, 5.74) is 4.29. The Balaban J connectivity index is 1.69. The van der Waals surface area contributed by atoms with E-state index in [1.807, 2.05) is 35.7 Å². The number of hydrogen-bond donors (Lipinski definition) is 2. The molecule has 0 spiro atoms. The number of aromatic nitrogens is 2. The molecule has 0 saturated heterocycles. The maximum absolute atomic E-state index is 12.0.